The molecule has 0 unspecified atom stereocenters. The van der Waals surface area contributed by atoms with Crippen molar-refractivity contribution in [2.45, 2.75) is 17.4 Å². The van der Waals surface area contributed by atoms with Crippen LogP contribution >= 0.6 is 0 Å². The second kappa shape index (κ2) is 14.1. The van der Waals surface area contributed by atoms with E-state index in [9.17, 15) is 0 Å². The highest BCUT2D eigenvalue weighted by Crippen LogP contribution is 2.53. The Morgan fingerprint density at radius 2 is 0.760 bits per heavy atom. The molecule has 0 radical (unpaired) electrons. The summed E-state index contributed by atoms with van der Waals surface area (Å²) in [7, 11) is 16.3. The normalized spacial score (nSPS) is 13.6. The zero-order chi connectivity index (χ0) is 35.6. The molecule has 6 rings (SSSR count). The minimum atomic E-state index is -1.41. The van der Waals surface area contributed by atoms with E-state index in [1.54, 1.807) is 0 Å². The zero-order valence-corrected chi connectivity index (χ0v) is 30.3. The number of hydrogen-bond donors (Lipinski definition) is 0. The lowest BCUT2D eigenvalue weighted by molar-refractivity contribution is -0.140. The Balaban J connectivity index is 1.70. The lowest BCUT2D eigenvalue weighted by Crippen LogP contribution is -2.47. The molecule has 0 amide bonds. The first-order valence-corrected chi connectivity index (χ1v) is 17.0. The van der Waals surface area contributed by atoms with Crippen LogP contribution in [0.3, 0.4) is 0 Å². The number of aliphatic imine (C=N–C) groups is 1. The monoisotopic (exact) mass is 665 g/mol. The Morgan fingerprint density at radius 3 is 1.04 bits per heavy atom. The van der Waals surface area contributed by atoms with E-state index in [2.05, 4.69) is 117 Å². The summed E-state index contributed by atoms with van der Waals surface area (Å²) in [4.78, 5) is 29.0. The fourth-order valence-electron chi connectivity index (χ4n) is 6.90. The molecule has 1 heterocycles. The van der Waals surface area contributed by atoms with Crippen LogP contribution in [-0.2, 0) is 9.53 Å². The molecule has 0 saturated carbocycles. The summed E-state index contributed by atoms with van der Waals surface area (Å²) >= 11 is 0. The summed E-state index contributed by atoms with van der Waals surface area (Å²) in [6, 6.07) is 43.7. The van der Waals surface area contributed by atoms with Crippen molar-refractivity contribution in [2.75, 3.05) is 76.0 Å². The van der Waals surface area contributed by atoms with Gasteiger partial charge in [-0.3, -0.25) is 0 Å². The lowest BCUT2D eigenvalue weighted by atomic mass is 9.64. The molecule has 1 aliphatic heterocycles. The molecule has 0 aromatic heterocycles. The number of esters is 1. The van der Waals surface area contributed by atoms with Crippen molar-refractivity contribution in [3.05, 3.63) is 155 Å². The van der Waals surface area contributed by atoms with Gasteiger partial charge in [0.15, 0.2) is 5.54 Å². The van der Waals surface area contributed by atoms with E-state index in [1.807, 2.05) is 86.7 Å². The standard InChI is InChI=1S/C43H47N5O2/c1-45(2)35-22-14-30(15-23-35)39(31-16-24-36(25-17-31)46(3)4)43(42(49)50-41(44-43)34-12-10-9-11-13-34)40(32-18-26-37(27-19-32)47(5)6)33-20-28-38(29-21-33)48(7)8/h9-29,39-40H,1-8H3. The largest absolute Gasteiger partial charge is 0.405 e. The highest BCUT2D eigenvalue weighted by molar-refractivity contribution is 6.09. The first-order chi connectivity index (χ1) is 24.0. The smallest absolute Gasteiger partial charge is 0.342 e. The molecule has 7 nitrogen and oxygen atoms in total. The molecular formula is C43H47N5O2. The summed E-state index contributed by atoms with van der Waals surface area (Å²) in [6.45, 7) is 0. The number of anilines is 4. The van der Waals surface area contributed by atoms with E-state index in [-0.39, 0.29) is 5.97 Å². The minimum absolute atomic E-state index is 0.329. The number of nitrogens with zero attached hydrogens (tertiary/aromatic N) is 5. The molecule has 0 atom stereocenters. The highest BCUT2D eigenvalue weighted by atomic mass is 16.6. The van der Waals surface area contributed by atoms with Gasteiger partial charge in [0, 0.05) is 96.5 Å². The van der Waals surface area contributed by atoms with E-state index in [4.69, 9.17) is 9.73 Å². The number of carbonyl (C=O) groups excluding carboxylic acids is 1. The molecule has 50 heavy (non-hydrogen) atoms. The number of carbonyl (C=O) groups is 1. The minimum Gasteiger partial charge on any atom is -0.405 e. The molecule has 0 spiro atoms. The first-order valence-electron chi connectivity index (χ1n) is 17.0. The Morgan fingerprint density at radius 1 is 0.460 bits per heavy atom. The maximum atomic E-state index is 15.2. The predicted molar refractivity (Wildman–Crippen MR) is 209 cm³/mol. The van der Waals surface area contributed by atoms with Crippen LogP contribution in [0.1, 0.15) is 39.7 Å². The van der Waals surface area contributed by atoms with Crippen LogP contribution in [0.2, 0.25) is 0 Å². The van der Waals surface area contributed by atoms with Crippen LogP contribution in [0, 0.1) is 0 Å². The van der Waals surface area contributed by atoms with Gasteiger partial charge >= 0.3 is 5.97 Å². The molecule has 256 valence electrons. The third-order valence-electron chi connectivity index (χ3n) is 9.68. The van der Waals surface area contributed by atoms with Crippen LogP contribution in [0.25, 0.3) is 0 Å². The molecule has 0 N–H and O–H groups in total. The third-order valence-corrected chi connectivity index (χ3v) is 9.68. The van der Waals surface area contributed by atoms with Crippen LogP contribution in [0.4, 0.5) is 22.7 Å². The van der Waals surface area contributed by atoms with Gasteiger partial charge in [0.05, 0.1) is 0 Å². The molecule has 0 saturated heterocycles. The van der Waals surface area contributed by atoms with Crippen LogP contribution in [-0.4, -0.2) is 73.8 Å². The Kier molecular flexibility index (Phi) is 9.69. The van der Waals surface area contributed by atoms with Crippen molar-refractivity contribution < 1.29 is 9.53 Å². The molecule has 1 aliphatic rings. The second-order valence-corrected chi connectivity index (χ2v) is 13.8. The van der Waals surface area contributed by atoms with Crippen LogP contribution < -0.4 is 19.6 Å². The quantitative estimate of drug-likeness (QED) is 0.135. The SMILES string of the molecule is CN(C)c1ccc(C(c2ccc(N(C)C)cc2)C2(C(c3ccc(N(C)C)cc3)c3ccc(N(C)C)cc3)N=C(c3ccccc3)OC2=O)cc1. The van der Waals surface area contributed by atoms with E-state index in [0.717, 1.165) is 50.6 Å². The average molecular weight is 666 g/mol. The van der Waals surface area contributed by atoms with Crippen molar-refractivity contribution >= 4 is 34.6 Å². The number of benzene rings is 5. The van der Waals surface area contributed by atoms with Crippen LogP contribution in [0.15, 0.2) is 132 Å². The zero-order valence-electron chi connectivity index (χ0n) is 30.3. The molecule has 5 aromatic carbocycles. The molecule has 5 aromatic rings. The molecule has 7 heteroatoms. The van der Waals surface area contributed by atoms with Gasteiger partial charge in [0.25, 0.3) is 0 Å². The van der Waals surface area contributed by atoms with Crippen molar-refractivity contribution in [2.24, 2.45) is 4.99 Å². The maximum absolute atomic E-state index is 15.2. The van der Waals surface area contributed by atoms with Gasteiger partial charge in [-0.2, -0.15) is 0 Å². The van der Waals surface area contributed by atoms with E-state index in [0.29, 0.717) is 5.90 Å². The Hall–Kier alpha value is -5.56. The van der Waals surface area contributed by atoms with E-state index in [1.165, 1.54) is 0 Å². The van der Waals surface area contributed by atoms with Gasteiger partial charge in [0.1, 0.15) is 0 Å². The fourth-order valence-corrected chi connectivity index (χ4v) is 6.90. The summed E-state index contributed by atoms with van der Waals surface area (Å²) in [5.41, 5.74) is 7.53. The second-order valence-electron chi connectivity index (χ2n) is 13.8. The fraction of sp³-hybridized carbons (Fsp3) is 0.256. The lowest BCUT2D eigenvalue weighted by Gasteiger charge is -2.40. The van der Waals surface area contributed by atoms with E-state index >= 15 is 4.79 Å². The number of ether oxygens (including phenoxy) is 1. The first kappa shape index (κ1) is 34.3. The van der Waals surface area contributed by atoms with Gasteiger partial charge in [0.2, 0.25) is 5.90 Å². The summed E-state index contributed by atoms with van der Waals surface area (Å²) < 4.78 is 6.34. The summed E-state index contributed by atoms with van der Waals surface area (Å²) in [5.74, 6) is -1.06. The topological polar surface area (TPSA) is 51.6 Å². The van der Waals surface area contributed by atoms with Crippen molar-refractivity contribution in [3.8, 4) is 0 Å². The van der Waals surface area contributed by atoms with Gasteiger partial charge in [-0.15, -0.1) is 0 Å². The molecular weight excluding hydrogens is 619 g/mol. The van der Waals surface area contributed by atoms with E-state index < -0.39 is 17.4 Å². The third kappa shape index (κ3) is 6.56. The Labute approximate surface area is 297 Å². The molecule has 0 aliphatic carbocycles. The van der Waals surface area contributed by atoms with Crippen molar-refractivity contribution in [3.63, 3.8) is 0 Å². The van der Waals surface area contributed by atoms with Gasteiger partial charge in [-0.05, 0) is 82.9 Å². The summed E-state index contributed by atoms with van der Waals surface area (Å²) in [6.07, 6.45) is 0. The summed E-state index contributed by atoms with van der Waals surface area (Å²) in [5, 5.41) is 0. The highest BCUT2D eigenvalue weighted by Gasteiger charge is 2.59. The van der Waals surface area contributed by atoms with Crippen molar-refractivity contribution in [1.82, 2.24) is 0 Å². The van der Waals surface area contributed by atoms with Crippen molar-refractivity contribution in [1.29, 1.82) is 0 Å². The van der Waals surface area contributed by atoms with Crippen LogP contribution in [0.5, 0.6) is 0 Å². The molecule has 0 fully saturated rings. The number of rotatable bonds is 11. The van der Waals surface area contributed by atoms with Gasteiger partial charge in [-0.25, -0.2) is 9.79 Å². The Bertz CT molecular complexity index is 1720. The number of hydrogen-bond acceptors (Lipinski definition) is 7. The van der Waals surface area contributed by atoms with Gasteiger partial charge in [-0.1, -0.05) is 66.7 Å². The molecule has 0 bridgehead atoms. The maximum Gasteiger partial charge on any atom is 0.342 e. The predicted octanol–water partition coefficient (Wildman–Crippen LogP) is 7.66. The van der Waals surface area contributed by atoms with Gasteiger partial charge < -0.3 is 24.3 Å². The number of cyclic esters (lactones) is 1. The average Bonchev–Trinajstić information content (AvgIpc) is 3.46.